The van der Waals surface area contributed by atoms with Crippen LogP contribution in [-0.2, 0) is 0 Å². The molecule has 2 heterocycles. The number of aliphatic hydroxyl groups excluding tert-OH is 1. The Hall–Kier alpha value is -0.710. The van der Waals surface area contributed by atoms with Gasteiger partial charge < -0.3 is 15.0 Å². The first-order valence-electron chi connectivity index (χ1n) is 6.09. The van der Waals surface area contributed by atoms with Crippen LogP contribution in [0.3, 0.4) is 0 Å². The van der Waals surface area contributed by atoms with Crippen LogP contribution in [0.25, 0.3) is 0 Å². The highest BCUT2D eigenvalue weighted by molar-refractivity contribution is 6.41. The molecule has 0 aromatic carbocycles. The number of aromatic nitrogens is 1. The van der Waals surface area contributed by atoms with Crippen molar-refractivity contribution < 1.29 is 9.90 Å². The standard InChI is InChI=1S/C12H16Cl2N2O2/c13-9-7-10(15-11(9)14)12(18)16-5-1-3-8(16)4-2-6-17/h7-8,15,17H,1-6H2. The summed E-state index contributed by atoms with van der Waals surface area (Å²) < 4.78 is 0. The van der Waals surface area contributed by atoms with Gasteiger partial charge in [0, 0.05) is 19.2 Å². The van der Waals surface area contributed by atoms with Crippen LogP contribution in [0.2, 0.25) is 10.2 Å². The summed E-state index contributed by atoms with van der Waals surface area (Å²) in [5.41, 5.74) is 0.431. The van der Waals surface area contributed by atoms with Gasteiger partial charge in [-0.3, -0.25) is 4.79 Å². The summed E-state index contributed by atoms with van der Waals surface area (Å²) in [6.45, 7) is 0.919. The van der Waals surface area contributed by atoms with E-state index in [4.69, 9.17) is 28.3 Å². The minimum absolute atomic E-state index is 0.0655. The van der Waals surface area contributed by atoms with E-state index in [0.29, 0.717) is 15.9 Å². The van der Waals surface area contributed by atoms with Crippen LogP contribution in [-0.4, -0.2) is 40.1 Å². The van der Waals surface area contributed by atoms with Crippen molar-refractivity contribution in [2.24, 2.45) is 0 Å². The van der Waals surface area contributed by atoms with Crippen LogP contribution in [0.4, 0.5) is 0 Å². The smallest absolute Gasteiger partial charge is 0.270 e. The van der Waals surface area contributed by atoms with Gasteiger partial charge in [-0.2, -0.15) is 0 Å². The molecule has 1 aliphatic heterocycles. The van der Waals surface area contributed by atoms with Gasteiger partial charge in [0.2, 0.25) is 0 Å². The summed E-state index contributed by atoms with van der Waals surface area (Å²) in [6, 6.07) is 1.78. The number of H-pyrrole nitrogens is 1. The van der Waals surface area contributed by atoms with E-state index in [2.05, 4.69) is 4.98 Å². The lowest BCUT2D eigenvalue weighted by Crippen LogP contribution is -2.35. The Kier molecular flexibility index (Phi) is 4.54. The number of carbonyl (C=O) groups is 1. The highest BCUT2D eigenvalue weighted by atomic mass is 35.5. The summed E-state index contributed by atoms with van der Waals surface area (Å²) in [4.78, 5) is 16.9. The molecular weight excluding hydrogens is 275 g/mol. The average Bonchev–Trinajstić information content (AvgIpc) is 2.94. The molecule has 0 radical (unpaired) electrons. The normalized spacial score (nSPS) is 19.5. The Morgan fingerprint density at radius 1 is 1.56 bits per heavy atom. The number of nitrogens with one attached hydrogen (secondary N) is 1. The molecular formula is C12H16Cl2N2O2. The fourth-order valence-electron chi connectivity index (χ4n) is 2.40. The zero-order chi connectivity index (χ0) is 13.1. The van der Waals surface area contributed by atoms with Crippen LogP contribution in [0, 0.1) is 0 Å². The van der Waals surface area contributed by atoms with E-state index in [-0.39, 0.29) is 18.6 Å². The summed E-state index contributed by atoms with van der Waals surface area (Å²) in [7, 11) is 0. The first-order valence-corrected chi connectivity index (χ1v) is 6.85. The molecule has 6 heteroatoms. The van der Waals surface area contributed by atoms with Crippen molar-refractivity contribution in [3.8, 4) is 0 Å². The highest BCUT2D eigenvalue weighted by Gasteiger charge is 2.29. The molecule has 1 amide bonds. The van der Waals surface area contributed by atoms with Gasteiger partial charge in [0.15, 0.2) is 0 Å². The predicted molar refractivity (Wildman–Crippen MR) is 71.2 cm³/mol. The number of aliphatic hydroxyl groups is 1. The lowest BCUT2D eigenvalue weighted by Gasteiger charge is -2.24. The van der Waals surface area contributed by atoms with E-state index < -0.39 is 0 Å². The molecule has 1 aliphatic rings. The SMILES string of the molecule is O=C(c1cc(Cl)c(Cl)[nH]1)N1CCCC1CCCO. The number of amides is 1. The Balaban J connectivity index is 2.07. The average molecular weight is 291 g/mol. The molecule has 1 unspecified atom stereocenters. The van der Waals surface area contributed by atoms with Gasteiger partial charge in [-0.05, 0) is 31.7 Å². The number of likely N-dealkylation sites (tertiary alicyclic amines) is 1. The van der Waals surface area contributed by atoms with E-state index >= 15 is 0 Å². The van der Waals surface area contributed by atoms with Crippen LogP contribution in [0.15, 0.2) is 6.07 Å². The van der Waals surface area contributed by atoms with Crippen molar-refractivity contribution in [1.29, 1.82) is 0 Å². The van der Waals surface area contributed by atoms with Gasteiger partial charge in [0.1, 0.15) is 10.8 Å². The largest absolute Gasteiger partial charge is 0.396 e. The summed E-state index contributed by atoms with van der Waals surface area (Å²) >= 11 is 11.6. The predicted octanol–water partition coefficient (Wildman–Crippen LogP) is 2.70. The molecule has 0 aliphatic carbocycles. The fourth-order valence-corrected chi connectivity index (χ4v) is 2.72. The number of rotatable bonds is 4. The highest BCUT2D eigenvalue weighted by Crippen LogP contribution is 2.26. The maximum atomic E-state index is 12.3. The number of hydrogen-bond donors (Lipinski definition) is 2. The van der Waals surface area contributed by atoms with Gasteiger partial charge in [-0.15, -0.1) is 0 Å². The minimum atomic E-state index is -0.0655. The number of aromatic amines is 1. The Morgan fingerprint density at radius 3 is 2.94 bits per heavy atom. The third-order valence-electron chi connectivity index (χ3n) is 3.29. The van der Waals surface area contributed by atoms with Crippen molar-refractivity contribution in [3.05, 3.63) is 21.9 Å². The van der Waals surface area contributed by atoms with Crippen LogP contribution < -0.4 is 0 Å². The van der Waals surface area contributed by atoms with E-state index in [1.807, 2.05) is 4.90 Å². The van der Waals surface area contributed by atoms with Crippen molar-refractivity contribution in [3.63, 3.8) is 0 Å². The molecule has 4 nitrogen and oxygen atoms in total. The second kappa shape index (κ2) is 5.95. The molecule has 1 fully saturated rings. The lowest BCUT2D eigenvalue weighted by molar-refractivity contribution is 0.0719. The first-order chi connectivity index (χ1) is 8.63. The third kappa shape index (κ3) is 2.82. The second-order valence-electron chi connectivity index (χ2n) is 4.51. The maximum Gasteiger partial charge on any atom is 0.270 e. The van der Waals surface area contributed by atoms with Crippen molar-refractivity contribution in [1.82, 2.24) is 9.88 Å². The first kappa shape index (κ1) is 13.7. The molecule has 1 aromatic rings. The van der Waals surface area contributed by atoms with Crippen molar-refractivity contribution in [2.75, 3.05) is 13.2 Å². The Labute approximate surface area is 116 Å². The molecule has 0 bridgehead atoms. The Bertz CT molecular complexity index is 414. The quantitative estimate of drug-likeness (QED) is 0.896. The molecule has 100 valence electrons. The van der Waals surface area contributed by atoms with E-state index in [0.717, 1.165) is 32.2 Å². The molecule has 2 rings (SSSR count). The molecule has 1 aromatic heterocycles. The second-order valence-corrected chi connectivity index (χ2v) is 5.29. The molecule has 1 atom stereocenters. The number of halogens is 2. The van der Waals surface area contributed by atoms with Gasteiger partial charge in [-0.25, -0.2) is 0 Å². The minimum Gasteiger partial charge on any atom is -0.396 e. The van der Waals surface area contributed by atoms with Gasteiger partial charge in [-0.1, -0.05) is 23.2 Å². The lowest BCUT2D eigenvalue weighted by atomic mass is 10.1. The van der Waals surface area contributed by atoms with Crippen LogP contribution >= 0.6 is 23.2 Å². The third-order valence-corrected chi connectivity index (χ3v) is 3.98. The topological polar surface area (TPSA) is 56.3 Å². The van der Waals surface area contributed by atoms with Gasteiger partial charge in [0.25, 0.3) is 5.91 Å². The van der Waals surface area contributed by atoms with Crippen LogP contribution in [0.1, 0.15) is 36.2 Å². The molecule has 2 N–H and O–H groups in total. The van der Waals surface area contributed by atoms with Crippen molar-refractivity contribution >= 4 is 29.1 Å². The van der Waals surface area contributed by atoms with E-state index in [9.17, 15) is 4.79 Å². The van der Waals surface area contributed by atoms with Crippen molar-refractivity contribution in [2.45, 2.75) is 31.7 Å². The summed E-state index contributed by atoms with van der Waals surface area (Å²) in [5.74, 6) is -0.0655. The zero-order valence-corrected chi connectivity index (χ0v) is 11.5. The number of carbonyl (C=O) groups excluding carboxylic acids is 1. The zero-order valence-electron chi connectivity index (χ0n) is 9.96. The Morgan fingerprint density at radius 2 is 2.33 bits per heavy atom. The summed E-state index contributed by atoms with van der Waals surface area (Å²) in [6.07, 6.45) is 3.56. The molecule has 0 spiro atoms. The van der Waals surface area contributed by atoms with Gasteiger partial charge >= 0.3 is 0 Å². The maximum absolute atomic E-state index is 12.3. The molecule has 0 saturated carbocycles. The number of nitrogens with zero attached hydrogens (tertiary/aromatic N) is 1. The fraction of sp³-hybridized carbons (Fsp3) is 0.583. The summed E-state index contributed by atoms with van der Waals surface area (Å²) in [5, 5.41) is 9.53. The monoisotopic (exact) mass is 290 g/mol. The van der Waals surface area contributed by atoms with Gasteiger partial charge in [0.05, 0.1) is 5.02 Å². The van der Waals surface area contributed by atoms with E-state index in [1.165, 1.54) is 0 Å². The van der Waals surface area contributed by atoms with Crippen LogP contribution in [0.5, 0.6) is 0 Å². The molecule has 1 saturated heterocycles. The van der Waals surface area contributed by atoms with E-state index in [1.54, 1.807) is 6.07 Å². The number of hydrogen-bond acceptors (Lipinski definition) is 2. The molecule has 18 heavy (non-hydrogen) atoms.